The average molecular weight is 272 g/mol. The zero-order valence-corrected chi connectivity index (χ0v) is 12.3. The summed E-state index contributed by atoms with van der Waals surface area (Å²) in [6, 6.07) is 0. The molecule has 0 saturated heterocycles. The quantitative estimate of drug-likeness (QED) is 0.583. The maximum absolute atomic E-state index is 11.5. The van der Waals surface area contributed by atoms with Gasteiger partial charge in [0.1, 0.15) is 5.60 Å². The van der Waals surface area contributed by atoms with Crippen molar-refractivity contribution in [1.29, 1.82) is 0 Å². The second kappa shape index (κ2) is 6.12. The molecule has 0 aliphatic heterocycles. The van der Waals surface area contributed by atoms with E-state index in [4.69, 9.17) is 4.74 Å². The molecule has 0 aromatic heterocycles. The predicted octanol–water partition coefficient (Wildman–Crippen LogP) is 2.86. The Morgan fingerprint density at radius 2 is 1.93 bits per heavy atom. The molecular weight excluding hydrogens is 253 g/mol. The van der Waals surface area contributed by atoms with Gasteiger partial charge in [0.05, 0.1) is 0 Å². The summed E-state index contributed by atoms with van der Waals surface area (Å²) in [4.78, 5) is 11.5. The monoisotopic (exact) mass is 272 g/mol. The number of esters is 1. The van der Waals surface area contributed by atoms with Crippen molar-refractivity contribution < 1.29 is 42.2 Å². The van der Waals surface area contributed by atoms with Gasteiger partial charge in [-0.15, -0.1) is 0 Å². The Balaban J connectivity index is 0.00000169. The third-order valence-electron chi connectivity index (χ3n) is 2.88. The Bertz CT molecular complexity index is 186. The van der Waals surface area contributed by atoms with E-state index in [-0.39, 0.29) is 44.3 Å². The SMILES string of the molecule is CC[C-](C)C(=O)OC1(C)CCCC1.[Y]. The minimum Gasteiger partial charge on any atom is -0.482 e. The van der Waals surface area contributed by atoms with Gasteiger partial charge in [0.15, 0.2) is 5.97 Å². The fraction of sp³-hybridized carbons (Fsp3) is 0.818. The van der Waals surface area contributed by atoms with Crippen molar-refractivity contribution in [3.05, 3.63) is 5.92 Å². The number of hydrogen-bond donors (Lipinski definition) is 0. The van der Waals surface area contributed by atoms with E-state index in [1.807, 2.05) is 20.8 Å². The van der Waals surface area contributed by atoms with Crippen LogP contribution in [-0.2, 0) is 42.2 Å². The van der Waals surface area contributed by atoms with E-state index in [9.17, 15) is 4.79 Å². The molecular formula is C11H19O2Y-. The van der Waals surface area contributed by atoms with E-state index in [2.05, 4.69) is 0 Å². The normalized spacial score (nSPS) is 18.5. The van der Waals surface area contributed by atoms with Crippen molar-refractivity contribution in [3.8, 4) is 0 Å². The molecule has 14 heavy (non-hydrogen) atoms. The second-order valence-corrected chi connectivity index (χ2v) is 4.18. The first-order valence-corrected chi connectivity index (χ1v) is 5.13. The van der Waals surface area contributed by atoms with Crippen LogP contribution in [0.5, 0.6) is 0 Å². The summed E-state index contributed by atoms with van der Waals surface area (Å²) >= 11 is 0. The Kier molecular flexibility index (Phi) is 6.31. The topological polar surface area (TPSA) is 26.3 Å². The van der Waals surface area contributed by atoms with Gasteiger partial charge >= 0.3 is 0 Å². The summed E-state index contributed by atoms with van der Waals surface area (Å²) < 4.78 is 5.48. The van der Waals surface area contributed by atoms with E-state index in [0.29, 0.717) is 0 Å². The summed E-state index contributed by atoms with van der Waals surface area (Å²) in [5, 5.41) is 0. The molecule has 1 aliphatic carbocycles. The molecule has 0 unspecified atom stereocenters. The molecule has 0 amide bonds. The summed E-state index contributed by atoms with van der Waals surface area (Å²) in [6.45, 7) is 5.87. The molecule has 0 aromatic rings. The van der Waals surface area contributed by atoms with Crippen LogP contribution in [0.3, 0.4) is 0 Å². The molecule has 0 heterocycles. The van der Waals surface area contributed by atoms with Crippen LogP contribution >= 0.6 is 0 Å². The molecule has 1 radical (unpaired) electrons. The number of hydrogen-bond acceptors (Lipinski definition) is 2. The summed E-state index contributed by atoms with van der Waals surface area (Å²) in [5.74, 6) is 0.722. The molecule has 79 valence electrons. The Labute approximate surface area is 112 Å². The van der Waals surface area contributed by atoms with Crippen molar-refractivity contribution in [2.75, 3.05) is 0 Å². The maximum Gasteiger partial charge on any atom is 0.170 e. The molecule has 2 nitrogen and oxygen atoms in total. The van der Waals surface area contributed by atoms with Gasteiger partial charge in [-0.3, -0.25) is 10.7 Å². The number of rotatable bonds is 3. The summed E-state index contributed by atoms with van der Waals surface area (Å²) in [6.07, 6.45) is 5.21. The van der Waals surface area contributed by atoms with Gasteiger partial charge in [-0.25, -0.2) is 0 Å². The minimum absolute atomic E-state index is 0. The third kappa shape index (κ3) is 3.90. The van der Waals surface area contributed by atoms with Gasteiger partial charge in [0.25, 0.3) is 0 Å². The van der Waals surface area contributed by atoms with Crippen LogP contribution in [0, 0.1) is 5.92 Å². The largest absolute Gasteiger partial charge is 0.482 e. The first-order valence-electron chi connectivity index (χ1n) is 5.13. The van der Waals surface area contributed by atoms with Crippen LogP contribution in [0.1, 0.15) is 52.9 Å². The van der Waals surface area contributed by atoms with Gasteiger partial charge < -0.3 is 4.74 Å². The van der Waals surface area contributed by atoms with E-state index >= 15 is 0 Å². The Morgan fingerprint density at radius 1 is 1.43 bits per heavy atom. The molecule has 0 spiro atoms. The van der Waals surface area contributed by atoms with Crippen molar-refractivity contribution >= 4 is 5.97 Å². The minimum atomic E-state index is -0.173. The van der Waals surface area contributed by atoms with Crippen LogP contribution in [0.4, 0.5) is 0 Å². The van der Waals surface area contributed by atoms with Crippen molar-refractivity contribution in [2.24, 2.45) is 0 Å². The molecule has 1 aliphatic rings. The van der Waals surface area contributed by atoms with Crippen LogP contribution in [0.15, 0.2) is 0 Å². The number of carbonyl (C=O) groups excluding carboxylic acids is 1. The first kappa shape index (κ1) is 14.4. The molecule has 1 rings (SSSR count). The van der Waals surface area contributed by atoms with Crippen LogP contribution < -0.4 is 0 Å². The number of ether oxygens (including phenoxy) is 1. The van der Waals surface area contributed by atoms with Gasteiger partial charge in [-0.05, 0) is 32.6 Å². The van der Waals surface area contributed by atoms with Gasteiger partial charge in [-0.2, -0.15) is 13.3 Å². The van der Waals surface area contributed by atoms with Gasteiger partial charge in [0.2, 0.25) is 0 Å². The summed E-state index contributed by atoms with van der Waals surface area (Å²) in [7, 11) is 0. The van der Waals surface area contributed by atoms with Crippen LogP contribution in [0.25, 0.3) is 0 Å². The van der Waals surface area contributed by atoms with E-state index < -0.39 is 0 Å². The second-order valence-electron chi connectivity index (χ2n) is 4.18. The standard InChI is InChI=1S/C11H19O2.Y/c1-4-9(2)10(12)13-11(3)7-5-6-8-11;/h4-8H2,1-3H3;/q-1;. The maximum atomic E-state index is 11.5. The molecule has 0 N–H and O–H groups in total. The first-order chi connectivity index (χ1) is 6.07. The number of carbonyl (C=O) groups is 1. The molecule has 1 saturated carbocycles. The van der Waals surface area contributed by atoms with Crippen molar-refractivity contribution in [3.63, 3.8) is 0 Å². The molecule has 1 fully saturated rings. The molecule has 0 bridgehead atoms. The average Bonchev–Trinajstić information content (AvgIpc) is 2.50. The van der Waals surface area contributed by atoms with Crippen molar-refractivity contribution in [2.45, 2.75) is 58.5 Å². The van der Waals surface area contributed by atoms with Gasteiger partial charge in [0, 0.05) is 32.7 Å². The summed E-state index contributed by atoms with van der Waals surface area (Å²) in [5.41, 5.74) is -0.173. The molecule has 3 heteroatoms. The Morgan fingerprint density at radius 3 is 2.36 bits per heavy atom. The van der Waals surface area contributed by atoms with Crippen molar-refractivity contribution in [1.82, 2.24) is 0 Å². The fourth-order valence-electron chi connectivity index (χ4n) is 1.68. The molecule has 0 aromatic carbocycles. The zero-order chi connectivity index (χ0) is 9.90. The van der Waals surface area contributed by atoms with Gasteiger partial charge in [-0.1, -0.05) is 6.92 Å². The van der Waals surface area contributed by atoms with E-state index in [0.717, 1.165) is 25.2 Å². The smallest absolute Gasteiger partial charge is 0.170 e. The zero-order valence-electron chi connectivity index (χ0n) is 9.43. The molecule has 0 atom stereocenters. The van der Waals surface area contributed by atoms with Crippen LogP contribution in [-0.4, -0.2) is 11.6 Å². The Hall–Kier alpha value is 0.444. The van der Waals surface area contributed by atoms with E-state index in [1.54, 1.807) is 0 Å². The van der Waals surface area contributed by atoms with E-state index in [1.165, 1.54) is 12.8 Å². The third-order valence-corrected chi connectivity index (χ3v) is 2.88. The fourth-order valence-corrected chi connectivity index (χ4v) is 1.68. The van der Waals surface area contributed by atoms with Crippen LogP contribution in [0.2, 0.25) is 0 Å². The predicted molar refractivity (Wildman–Crippen MR) is 52.2 cm³/mol.